The molecule has 0 amide bonds. The quantitative estimate of drug-likeness (QED) is 0.866. The fourth-order valence-corrected chi connectivity index (χ4v) is 2.62. The number of nitrogen functional groups attached to an aromatic ring is 1. The minimum Gasteiger partial charge on any atom is -0.368 e. The van der Waals surface area contributed by atoms with E-state index in [1.165, 1.54) is 5.56 Å². The Morgan fingerprint density at radius 1 is 1.26 bits per heavy atom. The Kier molecular flexibility index (Phi) is 2.98. The Hall–Kier alpha value is -1.88. The molecule has 5 nitrogen and oxygen atoms in total. The molecule has 19 heavy (non-hydrogen) atoms. The molecule has 1 atom stereocenters. The highest BCUT2D eigenvalue weighted by Crippen LogP contribution is 2.33. The van der Waals surface area contributed by atoms with Gasteiger partial charge in [-0.15, -0.1) is 0 Å². The van der Waals surface area contributed by atoms with Crippen molar-refractivity contribution in [3.8, 4) is 0 Å². The molecule has 0 aliphatic carbocycles. The average Bonchev–Trinajstić information content (AvgIpc) is 2.36. The highest BCUT2D eigenvalue weighted by molar-refractivity contribution is 6.28. The Morgan fingerprint density at radius 3 is 2.84 bits per heavy atom. The summed E-state index contributed by atoms with van der Waals surface area (Å²) in [6.07, 6.45) is 1.06. The van der Waals surface area contributed by atoms with Gasteiger partial charge in [-0.05, 0) is 35.6 Å². The van der Waals surface area contributed by atoms with Crippen LogP contribution in [0.25, 0.3) is 0 Å². The van der Waals surface area contributed by atoms with Gasteiger partial charge in [0, 0.05) is 12.2 Å². The number of anilines is 3. The van der Waals surface area contributed by atoms with Crippen molar-refractivity contribution in [2.45, 2.75) is 13.3 Å². The molecule has 98 valence electrons. The van der Waals surface area contributed by atoms with E-state index in [-0.39, 0.29) is 11.2 Å². The fraction of sp³-hybridized carbons (Fsp3) is 0.308. The molecule has 1 aromatic heterocycles. The van der Waals surface area contributed by atoms with E-state index in [0.29, 0.717) is 11.9 Å². The largest absolute Gasteiger partial charge is 0.368 e. The smallest absolute Gasteiger partial charge is 0.236 e. The molecular weight excluding hydrogens is 262 g/mol. The molecule has 0 bridgehead atoms. The van der Waals surface area contributed by atoms with Crippen molar-refractivity contribution in [1.29, 1.82) is 0 Å². The van der Waals surface area contributed by atoms with Crippen molar-refractivity contribution in [2.75, 3.05) is 17.2 Å². The van der Waals surface area contributed by atoms with Crippen LogP contribution in [0, 0.1) is 5.92 Å². The molecule has 2 aromatic rings. The molecule has 2 heterocycles. The number of hydrogen-bond acceptors (Lipinski definition) is 5. The van der Waals surface area contributed by atoms with Crippen LogP contribution in [0.2, 0.25) is 5.28 Å². The maximum atomic E-state index is 5.86. The molecule has 0 spiro atoms. The maximum absolute atomic E-state index is 5.86. The fourth-order valence-electron chi connectivity index (χ4n) is 2.46. The molecule has 0 saturated heterocycles. The van der Waals surface area contributed by atoms with Crippen LogP contribution in [-0.2, 0) is 6.42 Å². The first kappa shape index (κ1) is 12.2. The van der Waals surface area contributed by atoms with Gasteiger partial charge in [-0.1, -0.05) is 25.1 Å². The number of fused-ring (bicyclic) bond motifs is 1. The van der Waals surface area contributed by atoms with Crippen molar-refractivity contribution >= 4 is 29.2 Å². The summed E-state index contributed by atoms with van der Waals surface area (Å²) in [6, 6.07) is 8.25. The van der Waals surface area contributed by atoms with Gasteiger partial charge in [0.2, 0.25) is 17.2 Å². The highest BCUT2D eigenvalue weighted by atomic mass is 35.5. The van der Waals surface area contributed by atoms with Crippen LogP contribution in [0.1, 0.15) is 12.5 Å². The van der Waals surface area contributed by atoms with Crippen LogP contribution in [0.3, 0.4) is 0 Å². The van der Waals surface area contributed by atoms with Crippen LogP contribution in [0.4, 0.5) is 17.6 Å². The molecule has 1 aliphatic rings. The van der Waals surface area contributed by atoms with Crippen LogP contribution < -0.4 is 10.6 Å². The van der Waals surface area contributed by atoms with Crippen molar-refractivity contribution < 1.29 is 0 Å². The molecule has 2 N–H and O–H groups in total. The first-order chi connectivity index (χ1) is 9.13. The molecule has 0 fully saturated rings. The van der Waals surface area contributed by atoms with Crippen molar-refractivity contribution in [3.63, 3.8) is 0 Å². The van der Waals surface area contributed by atoms with Gasteiger partial charge in [0.15, 0.2) is 0 Å². The second kappa shape index (κ2) is 4.66. The topological polar surface area (TPSA) is 67.9 Å². The molecule has 3 rings (SSSR count). The van der Waals surface area contributed by atoms with Gasteiger partial charge < -0.3 is 10.6 Å². The number of benzene rings is 1. The van der Waals surface area contributed by atoms with E-state index in [1.807, 2.05) is 17.0 Å². The normalized spacial score (nSPS) is 18.2. The van der Waals surface area contributed by atoms with Gasteiger partial charge in [-0.3, -0.25) is 0 Å². The number of para-hydroxylation sites is 1. The lowest BCUT2D eigenvalue weighted by Crippen LogP contribution is -2.32. The molecular formula is C13H14ClN5. The van der Waals surface area contributed by atoms with E-state index in [2.05, 4.69) is 34.0 Å². The summed E-state index contributed by atoms with van der Waals surface area (Å²) in [5.41, 5.74) is 8.05. The predicted molar refractivity (Wildman–Crippen MR) is 75.6 cm³/mol. The minimum atomic E-state index is 0.123. The molecule has 1 aliphatic heterocycles. The summed E-state index contributed by atoms with van der Waals surface area (Å²) in [5, 5.41) is 0.123. The maximum Gasteiger partial charge on any atom is 0.236 e. The summed E-state index contributed by atoms with van der Waals surface area (Å²) in [5.74, 6) is 1.17. The lowest BCUT2D eigenvalue weighted by molar-refractivity contribution is 0.557. The molecule has 1 aromatic carbocycles. The van der Waals surface area contributed by atoms with Crippen molar-refractivity contribution in [2.24, 2.45) is 5.92 Å². The zero-order chi connectivity index (χ0) is 13.4. The second-order valence-electron chi connectivity index (χ2n) is 4.81. The number of halogens is 1. The van der Waals surface area contributed by atoms with Crippen molar-refractivity contribution in [3.05, 3.63) is 35.1 Å². The Bertz CT molecular complexity index is 595. The van der Waals surface area contributed by atoms with Gasteiger partial charge in [0.25, 0.3) is 0 Å². The van der Waals surface area contributed by atoms with Crippen LogP contribution >= 0.6 is 11.6 Å². The minimum absolute atomic E-state index is 0.123. The van der Waals surface area contributed by atoms with Gasteiger partial charge in [0.05, 0.1) is 0 Å². The number of nitrogens with two attached hydrogens (primary N) is 1. The van der Waals surface area contributed by atoms with E-state index >= 15 is 0 Å². The summed E-state index contributed by atoms with van der Waals surface area (Å²) in [7, 11) is 0. The SMILES string of the molecule is CC1Cc2ccccc2N(c2nc(N)nc(Cl)n2)C1. The molecule has 0 radical (unpaired) electrons. The Labute approximate surface area is 116 Å². The zero-order valence-corrected chi connectivity index (χ0v) is 11.3. The summed E-state index contributed by atoms with van der Waals surface area (Å²) < 4.78 is 0. The van der Waals surface area contributed by atoms with E-state index in [1.54, 1.807) is 0 Å². The van der Waals surface area contributed by atoms with E-state index in [9.17, 15) is 0 Å². The third-order valence-corrected chi connectivity index (χ3v) is 3.37. The third kappa shape index (κ3) is 2.33. The first-order valence-electron chi connectivity index (χ1n) is 6.16. The highest BCUT2D eigenvalue weighted by Gasteiger charge is 2.24. The second-order valence-corrected chi connectivity index (χ2v) is 5.15. The number of rotatable bonds is 1. The van der Waals surface area contributed by atoms with Gasteiger partial charge >= 0.3 is 0 Å². The standard InChI is InChI=1S/C13H14ClN5/c1-8-6-9-4-2-3-5-10(9)19(7-8)13-17-11(14)16-12(15)18-13/h2-5,8H,6-7H2,1H3,(H2,15,16,17,18). The zero-order valence-electron chi connectivity index (χ0n) is 10.5. The Balaban J connectivity index is 2.09. The van der Waals surface area contributed by atoms with E-state index < -0.39 is 0 Å². The number of nitrogens with zero attached hydrogens (tertiary/aromatic N) is 4. The summed E-state index contributed by atoms with van der Waals surface area (Å²) >= 11 is 5.86. The molecule has 1 unspecified atom stereocenters. The molecule has 0 saturated carbocycles. The van der Waals surface area contributed by atoms with Gasteiger partial charge in [-0.2, -0.15) is 15.0 Å². The third-order valence-electron chi connectivity index (χ3n) is 3.20. The van der Waals surface area contributed by atoms with Crippen LogP contribution in [0.5, 0.6) is 0 Å². The predicted octanol–water partition coefficient (Wildman–Crippen LogP) is 2.44. The average molecular weight is 276 g/mol. The van der Waals surface area contributed by atoms with Crippen LogP contribution in [-0.4, -0.2) is 21.5 Å². The molecule has 6 heteroatoms. The summed E-state index contributed by atoms with van der Waals surface area (Å²) in [4.78, 5) is 14.2. The first-order valence-corrected chi connectivity index (χ1v) is 6.54. The number of hydrogen-bond donors (Lipinski definition) is 1. The van der Waals surface area contributed by atoms with Gasteiger partial charge in [0.1, 0.15) is 0 Å². The number of aromatic nitrogens is 3. The van der Waals surface area contributed by atoms with Crippen LogP contribution in [0.15, 0.2) is 24.3 Å². The van der Waals surface area contributed by atoms with E-state index in [0.717, 1.165) is 18.7 Å². The monoisotopic (exact) mass is 275 g/mol. The lowest BCUT2D eigenvalue weighted by atomic mass is 9.94. The van der Waals surface area contributed by atoms with E-state index in [4.69, 9.17) is 17.3 Å². The lowest BCUT2D eigenvalue weighted by Gasteiger charge is -2.33. The summed E-state index contributed by atoms with van der Waals surface area (Å²) in [6.45, 7) is 3.05. The van der Waals surface area contributed by atoms with Gasteiger partial charge in [-0.25, -0.2) is 0 Å². The van der Waals surface area contributed by atoms with Crippen molar-refractivity contribution in [1.82, 2.24) is 15.0 Å². The Morgan fingerprint density at radius 2 is 2.05 bits per heavy atom.